The van der Waals surface area contributed by atoms with E-state index in [2.05, 4.69) is 20.9 Å². The van der Waals surface area contributed by atoms with Crippen LogP contribution >= 0.6 is 34.5 Å². The molecule has 0 unspecified atom stereocenters. The van der Waals surface area contributed by atoms with Crippen molar-refractivity contribution in [2.45, 2.75) is 19.2 Å². The van der Waals surface area contributed by atoms with Gasteiger partial charge in [-0.15, -0.1) is 11.3 Å². The van der Waals surface area contributed by atoms with E-state index in [9.17, 15) is 9.59 Å². The number of hydrogen-bond donors (Lipinski definition) is 3. The summed E-state index contributed by atoms with van der Waals surface area (Å²) in [5.74, 6) is -0.129. The van der Waals surface area contributed by atoms with Crippen molar-refractivity contribution in [3.63, 3.8) is 0 Å². The van der Waals surface area contributed by atoms with E-state index in [0.29, 0.717) is 41.2 Å². The largest absolute Gasteiger partial charge is 0.374 e. The van der Waals surface area contributed by atoms with E-state index >= 15 is 0 Å². The fourth-order valence-electron chi connectivity index (χ4n) is 3.10. The van der Waals surface area contributed by atoms with E-state index in [1.165, 1.54) is 11.3 Å². The zero-order valence-electron chi connectivity index (χ0n) is 16.5. The molecule has 3 N–H and O–H groups in total. The standard InChI is InChI=1S/C20H24Cl2N4O3S/c1-23-19(27)18-5-3-15(30-18)10-25-20(28)24-9-14-12-26(6-7-29-14)11-13-2-4-16(21)17(22)8-13/h2-5,8,14H,6-7,9-12H2,1H3,(H,23,27)(H2,24,25,28)/t14-/m0/s1. The topological polar surface area (TPSA) is 82.7 Å². The van der Waals surface area contributed by atoms with Crippen LogP contribution in [0, 0.1) is 0 Å². The van der Waals surface area contributed by atoms with Crippen molar-refractivity contribution in [3.8, 4) is 0 Å². The molecule has 0 radical (unpaired) electrons. The summed E-state index contributed by atoms with van der Waals surface area (Å²) in [6, 6.07) is 8.95. The molecule has 0 spiro atoms. The number of halogens is 2. The molecule has 0 saturated carbocycles. The van der Waals surface area contributed by atoms with E-state index in [0.717, 1.165) is 23.5 Å². The molecule has 10 heteroatoms. The van der Waals surface area contributed by atoms with Crippen LogP contribution < -0.4 is 16.0 Å². The number of benzene rings is 1. The molecule has 1 aliphatic rings. The Bertz CT molecular complexity index is 893. The number of morpholine rings is 1. The molecule has 1 saturated heterocycles. The van der Waals surface area contributed by atoms with Crippen molar-refractivity contribution in [2.75, 3.05) is 33.3 Å². The van der Waals surface area contributed by atoms with Gasteiger partial charge in [0.25, 0.3) is 5.91 Å². The van der Waals surface area contributed by atoms with E-state index < -0.39 is 0 Å². The molecule has 30 heavy (non-hydrogen) atoms. The highest BCUT2D eigenvalue weighted by Gasteiger charge is 2.21. The lowest BCUT2D eigenvalue weighted by Gasteiger charge is -2.33. The molecule has 2 heterocycles. The van der Waals surface area contributed by atoms with Gasteiger partial charge in [0.05, 0.1) is 34.2 Å². The van der Waals surface area contributed by atoms with Gasteiger partial charge in [-0.2, -0.15) is 0 Å². The summed E-state index contributed by atoms with van der Waals surface area (Å²) in [5.41, 5.74) is 1.09. The average Bonchev–Trinajstić information content (AvgIpc) is 3.22. The second-order valence-electron chi connectivity index (χ2n) is 6.89. The van der Waals surface area contributed by atoms with Gasteiger partial charge in [0.1, 0.15) is 0 Å². The van der Waals surface area contributed by atoms with Gasteiger partial charge in [-0.1, -0.05) is 29.3 Å². The third-order valence-electron chi connectivity index (χ3n) is 4.64. The molecule has 7 nitrogen and oxygen atoms in total. The highest BCUT2D eigenvalue weighted by atomic mass is 35.5. The predicted octanol–water partition coefficient (Wildman–Crippen LogP) is 3.11. The van der Waals surface area contributed by atoms with Gasteiger partial charge in [-0.05, 0) is 29.8 Å². The Morgan fingerprint density at radius 1 is 1.20 bits per heavy atom. The number of hydrogen-bond acceptors (Lipinski definition) is 5. The van der Waals surface area contributed by atoms with Gasteiger partial charge in [-0.25, -0.2) is 4.79 Å². The minimum atomic E-state index is -0.268. The molecular formula is C20H24Cl2N4O3S. The second kappa shape index (κ2) is 11.0. The first-order valence-corrected chi connectivity index (χ1v) is 11.1. The number of carbonyl (C=O) groups excluding carboxylic acids is 2. The lowest BCUT2D eigenvalue weighted by atomic mass is 10.2. The Balaban J connectivity index is 1.40. The predicted molar refractivity (Wildman–Crippen MR) is 119 cm³/mol. The monoisotopic (exact) mass is 470 g/mol. The molecule has 1 aromatic heterocycles. The van der Waals surface area contributed by atoms with Crippen LogP contribution in [0.15, 0.2) is 30.3 Å². The van der Waals surface area contributed by atoms with Crippen molar-refractivity contribution >= 4 is 46.5 Å². The smallest absolute Gasteiger partial charge is 0.315 e. The van der Waals surface area contributed by atoms with E-state index in [4.69, 9.17) is 27.9 Å². The average molecular weight is 471 g/mol. The molecule has 1 aromatic carbocycles. The Labute approximate surface area is 189 Å². The summed E-state index contributed by atoms with van der Waals surface area (Å²) in [6.07, 6.45) is -0.0890. The molecule has 1 aliphatic heterocycles. The van der Waals surface area contributed by atoms with Crippen LogP contribution in [0.2, 0.25) is 10.0 Å². The molecule has 2 aromatic rings. The number of rotatable bonds is 7. The summed E-state index contributed by atoms with van der Waals surface area (Å²) in [5, 5.41) is 9.33. The van der Waals surface area contributed by atoms with E-state index in [1.807, 2.05) is 18.2 Å². The minimum absolute atomic E-state index is 0.0890. The van der Waals surface area contributed by atoms with Crippen LogP contribution in [0.5, 0.6) is 0 Å². The maximum absolute atomic E-state index is 12.1. The van der Waals surface area contributed by atoms with Crippen molar-refractivity contribution in [1.82, 2.24) is 20.9 Å². The van der Waals surface area contributed by atoms with Gasteiger partial charge in [0.2, 0.25) is 0 Å². The number of nitrogens with zero attached hydrogens (tertiary/aromatic N) is 1. The van der Waals surface area contributed by atoms with Crippen molar-refractivity contribution in [1.29, 1.82) is 0 Å². The maximum atomic E-state index is 12.1. The first-order valence-electron chi connectivity index (χ1n) is 9.55. The van der Waals surface area contributed by atoms with Gasteiger partial charge in [-0.3, -0.25) is 9.69 Å². The molecule has 3 amide bonds. The molecule has 0 bridgehead atoms. The lowest BCUT2D eigenvalue weighted by molar-refractivity contribution is -0.0287. The number of carbonyl (C=O) groups is 2. The first kappa shape index (κ1) is 22.8. The fraction of sp³-hybridized carbons (Fsp3) is 0.400. The van der Waals surface area contributed by atoms with Gasteiger partial charge in [0, 0.05) is 38.1 Å². The normalized spacial score (nSPS) is 16.8. The Hall–Kier alpha value is -1.84. The summed E-state index contributed by atoms with van der Waals surface area (Å²) in [7, 11) is 1.59. The first-order chi connectivity index (χ1) is 14.4. The Morgan fingerprint density at radius 3 is 2.80 bits per heavy atom. The summed E-state index contributed by atoms with van der Waals surface area (Å²) >= 11 is 13.4. The summed E-state index contributed by atoms with van der Waals surface area (Å²) in [6.45, 7) is 3.65. The fourth-order valence-corrected chi connectivity index (χ4v) is 4.31. The van der Waals surface area contributed by atoms with Crippen LogP contribution in [-0.2, 0) is 17.8 Å². The highest BCUT2D eigenvalue weighted by Crippen LogP contribution is 2.23. The number of ether oxygens (including phenoxy) is 1. The van der Waals surface area contributed by atoms with E-state index in [1.54, 1.807) is 19.2 Å². The summed E-state index contributed by atoms with van der Waals surface area (Å²) in [4.78, 5) is 27.5. The zero-order chi connectivity index (χ0) is 21.5. The number of amides is 3. The highest BCUT2D eigenvalue weighted by molar-refractivity contribution is 7.14. The van der Waals surface area contributed by atoms with Crippen molar-refractivity contribution in [3.05, 3.63) is 55.7 Å². The van der Waals surface area contributed by atoms with Crippen LogP contribution in [0.1, 0.15) is 20.1 Å². The second-order valence-corrected chi connectivity index (χ2v) is 8.87. The van der Waals surface area contributed by atoms with Crippen LogP contribution in [0.3, 0.4) is 0 Å². The molecular weight excluding hydrogens is 447 g/mol. The van der Waals surface area contributed by atoms with Crippen LogP contribution in [0.25, 0.3) is 0 Å². The third kappa shape index (κ3) is 6.58. The van der Waals surface area contributed by atoms with Crippen LogP contribution in [-0.4, -0.2) is 56.2 Å². The van der Waals surface area contributed by atoms with Gasteiger partial charge >= 0.3 is 6.03 Å². The molecule has 1 atom stereocenters. The quantitative estimate of drug-likeness (QED) is 0.580. The van der Waals surface area contributed by atoms with Crippen molar-refractivity contribution in [2.24, 2.45) is 0 Å². The number of nitrogens with one attached hydrogen (secondary N) is 3. The van der Waals surface area contributed by atoms with Crippen LogP contribution in [0.4, 0.5) is 4.79 Å². The molecule has 3 rings (SSSR count). The van der Waals surface area contributed by atoms with Gasteiger partial charge < -0.3 is 20.7 Å². The molecule has 0 aliphatic carbocycles. The summed E-state index contributed by atoms with van der Waals surface area (Å²) < 4.78 is 5.77. The SMILES string of the molecule is CNC(=O)c1ccc(CNC(=O)NC[C@H]2CN(Cc3ccc(Cl)c(Cl)c3)CCO2)s1. The zero-order valence-corrected chi connectivity index (χ0v) is 18.9. The molecule has 1 fully saturated rings. The minimum Gasteiger partial charge on any atom is -0.374 e. The number of thiophene rings is 1. The maximum Gasteiger partial charge on any atom is 0.315 e. The number of urea groups is 1. The molecule has 162 valence electrons. The Kier molecular flexibility index (Phi) is 8.35. The lowest BCUT2D eigenvalue weighted by Crippen LogP contribution is -2.48. The third-order valence-corrected chi connectivity index (χ3v) is 6.46. The van der Waals surface area contributed by atoms with Crippen molar-refractivity contribution < 1.29 is 14.3 Å². The van der Waals surface area contributed by atoms with E-state index in [-0.39, 0.29) is 18.0 Å². The van der Waals surface area contributed by atoms with Gasteiger partial charge in [0.15, 0.2) is 0 Å². The Morgan fingerprint density at radius 2 is 2.03 bits per heavy atom.